The summed E-state index contributed by atoms with van der Waals surface area (Å²) in [6, 6.07) is 24.9. The van der Waals surface area contributed by atoms with Crippen molar-refractivity contribution in [1.82, 2.24) is 9.88 Å². The number of aromatic amines is 1. The molecule has 0 aliphatic carbocycles. The standard InChI is InChI=1S/C28H27N3O2/c32-26-18-27(29-25-12-6-5-11-24(25)26)30-28(33)21-13-14-23(20-9-3-1-4-10-20)22(17-21)19-31-15-7-2-8-16-31/h1,3-6,9-14,17-18H,2,7-8,15-16,19H2,(H2,29,30,32,33). The van der Waals surface area contributed by atoms with Crippen LogP contribution in [-0.2, 0) is 6.54 Å². The van der Waals surface area contributed by atoms with E-state index in [1.807, 2.05) is 54.6 Å². The molecule has 4 aromatic rings. The van der Waals surface area contributed by atoms with Gasteiger partial charge >= 0.3 is 0 Å². The molecule has 0 saturated carbocycles. The minimum absolute atomic E-state index is 0.120. The second-order valence-electron chi connectivity index (χ2n) is 8.62. The molecule has 5 heteroatoms. The van der Waals surface area contributed by atoms with Crippen LogP contribution in [0.15, 0.2) is 83.7 Å². The van der Waals surface area contributed by atoms with E-state index in [0.717, 1.165) is 36.3 Å². The number of rotatable bonds is 5. The maximum atomic E-state index is 13.1. The first-order valence-corrected chi connectivity index (χ1v) is 11.5. The van der Waals surface area contributed by atoms with Crippen LogP contribution in [0.2, 0.25) is 0 Å². The number of nitrogens with one attached hydrogen (secondary N) is 2. The molecule has 1 amide bonds. The van der Waals surface area contributed by atoms with Gasteiger partial charge in [0.15, 0.2) is 5.43 Å². The molecule has 1 aromatic heterocycles. The fourth-order valence-corrected chi connectivity index (χ4v) is 4.58. The van der Waals surface area contributed by atoms with Gasteiger partial charge in [-0.1, -0.05) is 55.0 Å². The first-order valence-electron chi connectivity index (χ1n) is 11.5. The first-order chi connectivity index (χ1) is 16.2. The fourth-order valence-electron chi connectivity index (χ4n) is 4.58. The second kappa shape index (κ2) is 9.43. The van der Waals surface area contributed by atoms with E-state index in [0.29, 0.717) is 22.3 Å². The largest absolute Gasteiger partial charge is 0.341 e. The van der Waals surface area contributed by atoms with Crippen LogP contribution in [0.1, 0.15) is 35.2 Å². The number of piperidine rings is 1. The van der Waals surface area contributed by atoms with Gasteiger partial charge in [-0.3, -0.25) is 14.5 Å². The van der Waals surface area contributed by atoms with Crippen molar-refractivity contribution in [3.63, 3.8) is 0 Å². The number of anilines is 1. The Balaban J connectivity index is 1.45. The van der Waals surface area contributed by atoms with Crippen LogP contribution >= 0.6 is 0 Å². The van der Waals surface area contributed by atoms with E-state index in [2.05, 4.69) is 27.3 Å². The third-order valence-electron chi connectivity index (χ3n) is 6.28. The van der Waals surface area contributed by atoms with Crippen LogP contribution in [-0.4, -0.2) is 28.9 Å². The van der Waals surface area contributed by atoms with Gasteiger partial charge in [0.05, 0.1) is 5.52 Å². The van der Waals surface area contributed by atoms with Crippen molar-refractivity contribution in [3.05, 3.63) is 100 Å². The lowest BCUT2D eigenvalue weighted by molar-refractivity contribution is 0.102. The summed E-state index contributed by atoms with van der Waals surface area (Å²) in [7, 11) is 0. The van der Waals surface area contributed by atoms with Gasteiger partial charge in [-0.2, -0.15) is 0 Å². The van der Waals surface area contributed by atoms with E-state index < -0.39 is 0 Å². The van der Waals surface area contributed by atoms with E-state index in [4.69, 9.17) is 0 Å². The summed E-state index contributed by atoms with van der Waals surface area (Å²) in [5, 5.41) is 3.48. The highest BCUT2D eigenvalue weighted by Crippen LogP contribution is 2.27. The Hall–Kier alpha value is -3.70. The lowest BCUT2D eigenvalue weighted by Crippen LogP contribution is -2.29. The number of carbonyl (C=O) groups is 1. The molecular weight excluding hydrogens is 410 g/mol. The zero-order valence-corrected chi connectivity index (χ0v) is 18.5. The number of aromatic nitrogens is 1. The molecule has 166 valence electrons. The fraction of sp³-hybridized carbons (Fsp3) is 0.214. The van der Waals surface area contributed by atoms with Gasteiger partial charge in [0.2, 0.25) is 0 Å². The third-order valence-corrected chi connectivity index (χ3v) is 6.28. The van der Waals surface area contributed by atoms with Crippen LogP contribution in [0.25, 0.3) is 22.0 Å². The quantitative estimate of drug-likeness (QED) is 0.437. The van der Waals surface area contributed by atoms with Gasteiger partial charge in [-0.05, 0) is 66.9 Å². The molecule has 3 aromatic carbocycles. The summed E-state index contributed by atoms with van der Waals surface area (Å²) < 4.78 is 0. The SMILES string of the molecule is O=C(Nc1cc(=O)c2ccccc2[nH]1)c1ccc(-c2ccccc2)c(CN2CCCCC2)c1. The van der Waals surface area contributed by atoms with Crippen molar-refractivity contribution in [2.24, 2.45) is 0 Å². The summed E-state index contributed by atoms with van der Waals surface area (Å²) in [6.45, 7) is 2.99. The number of hydrogen-bond acceptors (Lipinski definition) is 3. The number of benzene rings is 3. The van der Waals surface area contributed by atoms with Crippen LogP contribution in [0, 0.1) is 0 Å². The molecule has 5 rings (SSSR count). The van der Waals surface area contributed by atoms with E-state index in [1.165, 1.54) is 25.3 Å². The summed E-state index contributed by atoms with van der Waals surface area (Å²) in [4.78, 5) is 31.1. The molecule has 1 aliphatic rings. The molecule has 0 spiro atoms. The van der Waals surface area contributed by atoms with Crippen LogP contribution in [0.4, 0.5) is 5.82 Å². The van der Waals surface area contributed by atoms with Crippen molar-refractivity contribution in [2.45, 2.75) is 25.8 Å². The Morgan fingerprint density at radius 3 is 2.45 bits per heavy atom. The monoisotopic (exact) mass is 437 g/mol. The molecule has 1 fully saturated rings. The molecule has 1 saturated heterocycles. The predicted octanol–water partition coefficient (Wildman–Crippen LogP) is 5.43. The minimum atomic E-state index is -0.236. The number of pyridine rings is 1. The van der Waals surface area contributed by atoms with Crippen molar-refractivity contribution in [1.29, 1.82) is 0 Å². The zero-order chi connectivity index (χ0) is 22.6. The topological polar surface area (TPSA) is 65.2 Å². The number of para-hydroxylation sites is 1. The molecule has 2 heterocycles. The van der Waals surface area contributed by atoms with E-state index in [-0.39, 0.29) is 11.3 Å². The van der Waals surface area contributed by atoms with Gasteiger partial charge in [0.1, 0.15) is 5.82 Å². The van der Waals surface area contributed by atoms with Gasteiger partial charge in [0, 0.05) is 23.6 Å². The average Bonchev–Trinajstić information content (AvgIpc) is 2.85. The van der Waals surface area contributed by atoms with Gasteiger partial charge in [-0.15, -0.1) is 0 Å². The molecule has 0 unspecified atom stereocenters. The second-order valence-corrected chi connectivity index (χ2v) is 8.62. The Kier molecular flexibility index (Phi) is 6.05. The van der Waals surface area contributed by atoms with Crippen molar-refractivity contribution < 1.29 is 4.79 Å². The molecule has 2 N–H and O–H groups in total. The number of H-pyrrole nitrogens is 1. The molecule has 5 nitrogen and oxygen atoms in total. The van der Waals surface area contributed by atoms with Gasteiger partial charge < -0.3 is 10.3 Å². The predicted molar refractivity (Wildman–Crippen MR) is 134 cm³/mol. The highest BCUT2D eigenvalue weighted by molar-refractivity contribution is 6.04. The summed E-state index contributed by atoms with van der Waals surface area (Å²) >= 11 is 0. The highest BCUT2D eigenvalue weighted by Gasteiger charge is 2.16. The van der Waals surface area contributed by atoms with Gasteiger partial charge in [0.25, 0.3) is 5.91 Å². The smallest absolute Gasteiger partial charge is 0.256 e. The highest BCUT2D eigenvalue weighted by atomic mass is 16.1. The maximum Gasteiger partial charge on any atom is 0.256 e. The lowest BCUT2D eigenvalue weighted by atomic mass is 9.96. The normalized spacial score (nSPS) is 14.3. The number of carbonyl (C=O) groups excluding carboxylic acids is 1. The van der Waals surface area contributed by atoms with Gasteiger partial charge in [-0.25, -0.2) is 0 Å². The minimum Gasteiger partial charge on any atom is -0.341 e. The summed E-state index contributed by atoms with van der Waals surface area (Å²) in [5.74, 6) is 0.161. The van der Waals surface area contributed by atoms with E-state index in [1.54, 1.807) is 6.07 Å². The summed E-state index contributed by atoms with van der Waals surface area (Å²) in [6.07, 6.45) is 3.72. The van der Waals surface area contributed by atoms with E-state index >= 15 is 0 Å². The third kappa shape index (κ3) is 4.73. The molecule has 0 bridgehead atoms. The van der Waals surface area contributed by atoms with Crippen molar-refractivity contribution in [3.8, 4) is 11.1 Å². The number of hydrogen-bond donors (Lipinski definition) is 2. The Labute approximate surface area is 193 Å². The molecule has 0 atom stereocenters. The number of likely N-dealkylation sites (tertiary alicyclic amines) is 1. The Bertz CT molecular complexity index is 1340. The van der Waals surface area contributed by atoms with Crippen molar-refractivity contribution >= 4 is 22.6 Å². The molecular formula is C28H27N3O2. The molecule has 0 radical (unpaired) electrons. The van der Waals surface area contributed by atoms with Crippen LogP contribution in [0.3, 0.4) is 0 Å². The molecule has 1 aliphatic heterocycles. The van der Waals surface area contributed by atoms with Crippen molar-refractivity contribution in [2.75, 3.05) is 18.4 Å². The van der Waals surface area contributed by atoms with E-state index in [9.17, 15) is 9.59 Å². The first kappa shape index (κ1) is 21.2. The zero-order valence-electron chi connectivity index (χ0n) is 18.5. The van der Waals surface area contributed by atoms with Crippen LogP contribution in [0.5, 0.6) is 0 Å². The maximum absolute atomic E-state index is 13.1. The lowest BCUT2D eigenvalue weighted by Gasteiger charge is -2.27. The Morgan fingerprint density at radius 1 is 0.879 bits per heavy atom. The number of nitrogens with zero attached hydrogens (tertiary/aromatic N) is 1. The van der Waals surface area contributed by atoms with Crippen LogP contribution < -0.4 is 10.7 Å². The average molecular weight is 438 g/mol. The Morgan fingerprint density at radius 2 is 1.64 bits per heavy atom. The number of amides is 1. The number of fused-ring (bicyclic) bond motifs is 1. The molecule has 33 heavy (non-hydrogen) atoms. The summed E-state index contributed by atoms with van der Waals surface area (Å²) in [5.41, 5.74) is 4.60.